The second-order valence-electron chi connectivity index (χ2n) is 4.33. The molecule has 0 saturated carbocycles. The Balaban J connectivity index is 1.72. The van der Waals surface area contributed by atoms with Gasteiger partial charge in [0.25, 0.3) is 0 Å². The minimum Gasteiger partial charge on any atom is -0.492 e. The molecule has 0 unspecified atom stereocenters. The molecule has 1 aliphatic rings. The number of nitrogens with zero attached hydrogens (tertiary/aromatic N) is 1. The molecule has 1 fully saturated rings. The molecular weight excluding hydrogens is 257 g/mol. The molecule has 1 aromatic carbocycles. The minimum absolute atomic E-state index is 0.621. The van der Waals surface area contributed by atoms with Crippen LogP contribution >= 0.6 is 23.2 Å². The summed E-state index contributed by atoms with van der Waals surface area (Å²) in [6, 6.07) is 5.29. The molecule has 1 saturated heterocycles. The van der Waals surface area contributed by atoms with Gasteiger partial charge >= 0.3 is 0 Å². The summed E-state index contributed by atoms with van der Waals surface area (Å²) in [7, 11) is 0. The SMILES string of the molecule is Clc1ccc(Cl)c(OCCCN2CCCC2)c1. The van der Waals surface area contributed by atoms with Gasteiger partial charge in [-0.15, -0.1) is 0 Å². The molecule has 4 heteroatoms. The molecule has 2 rings (SSSR count). The van der Waals surface area contributed by atoms with Crippen molar-refractivity contribution in [1.82, 2.24) is 4.90 Å². The van der Waals surface area contributed by atoms with Crippen molar-refractivity contribution in [2.75, 3.05) is 26.2 Å². The van der Waals surface area contributed by atoms with Crippen molar-refractivity contribution in [2.45, 2.75) is 19.3 Å². The largest absolute Gasteiger partial charge is 0.492 e. The van der Waals surface area contributed by atoms with Gasteiger partial charge in [-0.05, 0) is 44.5 Å². The summed E-state index contributed by atoms with van der Waals surface area (Å²) in [6.45, 7) is 4.27. The quantitative estimate of drug-likeness (QED) is 0.756. The van der Waals surface area contributed by atoms with Crippen LogP contribution in [0.5, 0.6) is 5.75 Å². The zero-order valence-electron chi connectivity index (χ0n) is 9.79. The zero-order valence-corrected chi connectivity index (χ0v) is 11.3. The zero-order chi connectivity index (χ0) is 12.1. The highest BCUT2D eigenvalue weighted by atomic mass is 35.5. The van der Waals surface area contributed by atoms with Crippen molar-refractivity contribution in [2.24, 2.45) is 0 Å². The predicted octanol–water partition coefficient (Wildman–Crippen LogP) is 3.86. The molecule has 0 bridgehead atoms. The van der Waals surface area contributed by atoms with Gasteiger partial charge in [-0.25, -0.2) is 0 Å². The number of ether oxygens (including phenoxy) is 1. The Labute approximate surface area is 112 Å². The van der Waals surface area contributed by atoms with Gasteiger partial charge in [0, 0.05) is 17.6 Å². The molecule has 17 heavy (non-hydrogen) atoms. The molecule has 0 amide bonds. The molecule has 1 heterocycles. The standard InChI is InChI=1S/C13H17Cl2NO/c14-11-4-5-12(15)13(10-11)17-9-3-8-16-6-1-2-7-16/h4-5,10H,1-3,6-9H2. The van der Waals surface area contributed by atoms with E-state index in [-0.39, 0.29) is 0 Å². The van der Waals surface area contributed by atoms with Gasteiger partial charge in [0.2, 0.25) is 0 Å². The van der Waals surface area contributed by atoms with Crippen molar-refractivity contribution >= 4 is 23.2 Å². The predicted molar refractivity (Wildman–Crippen MR) is 72.2 cm³/mol. The highest BCUT2D eigenvalue weighted by Crippen LogP contribution is 2.27. The molecule has 1 aromatic rings. The van der Waals surface area contributed by atoms with Crippen molar-refractivity contribution in [3.8, 4) is 5.75 Å². The lowest BCUT2D eigenvalue weighted by Crippen LogP contribution is -2.21. The lowest BCUT2D eigenvalue weighted by molar-refractivity contribution is 0.263. The topological polar surface area (TPSA) is 12.5 Å². The van der Waals surface area contributed by atoms with Gasteiger partial charge < -0.3 is 9.64 Å². The summed E-state index contributed by atoms with van der Waals surface area (Å²) >= 11 is 11.9. The van der Waals surface area contributed by atoms with E-state index in [1.807, 2.05) is 0 Å². The van der Waals surface area contributed by atoms with Crippen LogP contribution in [0, 0.1) is 0 Å². The molecular formula is C13H17Cl2NO. The van der Waals surface area contributed by atoms with E-state index in [9.17, 15) is 0 Å². The number of rotatable bonds is 5. The van der Waals surface area contributed by atoms with Crippen LogP contribution in [-0.2, 0) is 0 Å². The Kier molecular flexibility index (Phi) is 4.96. The first kappa shape index (κ1) is 13.0. The minimum atomic E-state index is 0.621. The van der Waals surface area contributed by atoms with Crippen LogP contribution in [0.3, 0.4) is 0 Å². The van der Waals surface area contributed by atoms with E-state index in [2.05, 4.69) is 4.90 Å². The lowest BCUT2D eigenvalue weighted by Gasteiger charge is -2.14. The highest BCUT2D eigenvalue weighted by molar-refractivity contribution is 6.34. The van der Waals surface area contributed by atoms with Crippen molar-refractivity contribution in [1.29, 1.82) is 0 Å². The van der Waals surface area contributed by atoms with E-state index in [4.69, 9.17) is 27.9 Å². The normalized spacial score (nSPS) is 16.4. The Morgan fingerprint density at radius 1 is 1.18 bits per heavy atom. The van der Waals surface area contributed by atoms with Crippen LogP contribution in [0.1, 0.15) is 19.3 Å². The lowest BCUT2D eigenvalue weighted by atomic mass is 10.3. The van der Waals surface area contributed by atoms with Crippen LogP contribution < -0.4 is 4.74 Å². The fourth-order valence-corrected chi connectivity index (χ4v) is 2.40. The molecule has 0 aromatic heterocycles. The molecule has 0 N–H and O–H groups in total. The maximum atomic E-state index is 6.01. The second-order valence-corrected chi connectivity index (χ2v) is 5.17. The summed E-state index contributed by atoms with van der Waals surface area (Å²) in [6.07, 6.45) is 3.70. The first-order valence-corrected chi connectivity index (χ1v) is 6.81. The molecule has 0 spiro atoms. The summed E-state index contributed by atoms with van der Waals surface area (Å²) < 4.78 is 5.63. The van der Waals surface area contributed by atoms with Crippen LogP contribution in [0.2, 0.25) is 10.0 Å². The smallest absolute Gasteiger partial charge is 0.139 e. The fourth-order valence-electron chi connectivity index (χ4n) is 2.06. The molecule has 0 aliphatic carbocycles. The Morgan fingerprint density at radius 2 is 1.94 bits per heavy atom. The third-order valence-electron chi connectivity index (χ3n) is 2.97. The van der Waals surface area contributed by atoms with Gasteiger partial charge in [0.05, 0.1) is 11.6 Å². The van der Waals surface area contributed by atoms with E-state index in [1.165, 1.54) is 25.9 Å². The van der Waals surface area contributed by atoms with E-state index in [1.54, 1.807) is 18.2 Å². The summed E-state index contributed by atoms with van der Waals surface area (Å²) in [5.41, 5.74) is 0. The molecule has 2 nitrogen and oxygen atoms in total. The number of hydrogen-bond donors (Lipinski definition) is 0. The van der Waals surface area contributed by atoms with E-state index >= 15 is 0 Å². The second kappa shape index (κ2) is 6.48. The van der Waals surface area contributed by atoms with Gasteiger partial charge in [0.1, 0.15) is 5.75 Å². The maximum absolute atomic E-state index is 6.01. The van der Waals surface area contributed by atoms with Crippen molar-refractivity contribution < 1.29 is 4.74 Å². The van der Waals surface area contributed by atoms with Crippen molar-refractivity contribution in [3.05, 3.63) is 28.2 Å². The van der Waals surface area contributed by atoms with Gasteiger partial charge in [0.15, 0.2) is 0 Å². The number of halogens is 2. The third kappa shape index (κ3) is 4.06. The molecule has 0 atom stereocenters. The number of benzene rings is 1. The van der Waals surface area contributed by atoms with E-state index in [0.717, 1.165) is 13.0 Å². The maximum Gasteiger partial charge on any atom is 0.139 e. The van der Waals surface area contributed by atoms with Gasteiger partial charge in [-0.1, -0.05) is 23.2 Å². The van der Waals surface area contributed by atoms with Gasteiger partial charge in [-0.3, -0.25) is 0 Å². The Hall–Kier alpha value is -0.440. The average Bonchev–Trinajstić information content (AvgIpc) is 2.82. The third-order valence-corrected chi connectivity index (χ3v) is 3.52. The first-order valence-electron chi connectivity index (χ1n) is 6.06. The van der Waals surface area contributed by atoms with Gasteiger partial charge in [-0.2, -0.15) is 0 Å². The van der Waals surface area contributed by atoms with E-state index in [0.29, 0.717) is 22.4 Å². The summed E-state index contributed by atoms with van der Waals surface area (Å²) in [5, 5.41) is 1.28. The fraction of sp³-hybridized carbons (Fsp3) is 0.538. The van der Waals surface area contributed by atoms with E-state index < -0.39 is 0 Å². The summed E-state index contributed by atoms with van der Waals surface area (Å²) in [5.74, 6) is 0.681. The Bertz CT molecular complexity index is 364. The highest BCUT2D eigenvalue weighted by Gasteiger charge is 2.10. The van der Waals surface area contributed by atoms with Crippen LogP contribution in [0.25, 0.3) is 0 Å². The Morgan fingerprint density at radius 3 is 2.71 bits per heavy atom. The number of likely N-dealkylation sites (tertiary alicyclic amines) is 1. The van der Waals surface area contributed by atoms with Crippen LogP contribution in [0.15, 0.2) is 18.2 Å². The molecule has 94 valence electrons. The monoisotopic (exact) mass is 273 g/mol. The molecule has 1 aliphatic heterocycles. The number of hydrogen-bond acceptors (Lipinski definition) is 2. The average molecular weight is 274 g/mol. The molecule has 0 radical (unpaired) electrons. The summed E-state index contributed by atoms with van der Waals surface area (Å²) in [4.78, 5) is 2.48. The van der Waals surface area contributed by atoms with Crippen molar-refractivity contribution in [3.63, 3.8) is 0 Å². The van der Waals surface area contributed by atoms with Crippen LogP contribution in [0.4, 0.5) is 0 Å². The first-order chi connectivity index (χ1) is 8.25. The van der Waals surface area contributed by atoms with Crippen LogP contribution in [-0.4, -0.2) is 31.1 Å².